The Morgan fingerprint density at radius 3 is 2.52 bits per heavy atom. The lowest BCUT2D eigenvalue weighted by molar-refractivity contribution is 0.0230. The van der Waals surface area contributed by atoms with E-state index in [1.165, 1.54) is 16.6 Å². The summed E-state index contributed by atoms with van der Waals surface area (Å²) in [6, 6.07) is 5.92. The van der Waals surface area contributed by atoms with Crippen LogP contribution in [0, 0.1) is 5.92 Å². The maximum atomic E-state index is 13.8. The van der Waals surface area contributed by atoms with E-state index in [0.29, 0.717) is 23.7 Å². The van der Waals surface area contributed by atoms with E-state index in [0.717, 1.165) is 0 Å². The maximum absolute atomic E-state index is 13.8. The van der Waals surface area contributed by atoms with Gasteiger partial charge in [0.15, 0.2) is 0 Å². The summed E-state index contributed by atoms with van der Waals surface area (Å²) < 4.78 is 34.5. The summed E-state index contributed by atoms with van der Waals surface area (Å²) >= 11 is 0. The second-order valence-electron chi connectivity index (χ2n) is 9.23. The molecule has 2 aromatic rings. The number of sulfonamides is 1. The van der Waals surface area contributed by atoms with Crippen LogP contribution in [0.3, 0.4) is 0 Å². The van der Waals surface area contributed by atoms with Gasteiger partial charge in [-0.25, -0.2) is 13.2 Å². The van der Waals surface area contributed by atoms with Crippen LogP contribution < -0.4 is 5.56 Å². The van der Waals surface area contributed by atoms with Gasteiger partial charge in [-0.15, -0.1) is 0 Å². The molecule has 0 bridgehead atoms. The summed E-state index contributed by atoms with van der Waals surface area (Å²) in [6.45, 7) is 10.3. The standard InChI is InChI=1S/C22H31N3O5S/c1-15(2)18-14-24(21(27)30-22(3,4)5)12-7-13-25(18)31(28,29)19-9-6-8-17-16(19)10-11-23-20(17)26/h6,8-11,15,18H,7,12-14H2,1-5H3,(H,23,26)/t18-/m0/s1. The zero-order chi connectivity index (χ0) is 23.0. The third-order valence-electron chi connectivity index (χ3n) is 5.37. The Morgan fingerprint density at radius 1 is 1.16 bits per heavy atom. The number of nitrogens with one attached hydrogen (secondary N) is 1. The van der Waals surface area contributed by atoms with Gasteiger partial charge in [0.05, 0.1) is 4.90 Å². The number of nitrogens with zero attached hydrogens (tertiary/aromatic N) is 2. The number of carbonyl (C=O) groups is 1. The Balaban J connectivity index is 2.00. The second kappa shape index (κ2) is 8.63. The van der Waals surface area contributed by atoms with Gasteiger partial charge < -0.3 is 14.6 Å². The zero-order valence-corrected chi connectivity index (χ0v) is 19.5. The van der Waals surface area contributed by atoms with Crippen LogP contribution in [0.1, 0.15) is 41.0 Å². The summed E-state index contributed by atoms with van der Waals surface area (Å²) in [7, 11) is -3.91. The molecule has 8 nitrogen and oxygen atoms in total. The van der Waals surface area contributed by atoms with Gasteiger partial charge in [0.1, 0.15) is 5.60 Å². The monoisotopic (exact) mass is 449 g/mol. The van der Waals surface area contributed by atoms with Gasteiger partial charge in [-0.1, -0.05) is 19.9 Å². The van der Waals surface area contributed by atoms with Crippen molar-refractivity contribution in [3.8, 4) is 0 Å². The number of hydrogen-bond acceptors (Lipinski definition) is 5. The van der Waals surface area contributed by atoms with Crippen molar-refractivity contribution in [3.63, 3.8) is 0 Å². The highest BCUT2D eigenvalue weighted by Gasteiger charge is 2.38. The number of benzene rings is 1. The van der Waals surface area contributed by atoms with E-state index < -0.39 is 27.8 Å². The van der Waals surface area contributed by atoms with Crippen LogP contribution in [0.25, 0.3) is 10.8 Å². The number of H-pyrrole nitrogens is 1. The van der Waals surface area contributed by atoms with Gasteiger partial charge >= 0.3 is 6.09 Å². The fourth-order valence-corrected chi connectivity index (χ4v) is 5.86. The minimum Gasteiger partial charge on any atom is -0.444 e. The molecule has 3 rings (SSSR count). The number of carbonyl (C=O) groups excluding carboxylic acids is 1. The molecule has 1 N–H and O–H groups in total. The van der Waals surface area contributed by atoms with Crippen LogP contribution in [0.5, 0.6) is 0 Å². The Labute approximate surface area is 183 Å². The molecule has 1 aromatic carbocycles. The van der Waals surface area contributed by atoms with E-state index in [9.17, 15) is 18.0 Å². The first-order valence-electron chi connectivity index (χ1n) is 10.5. The molecule has 1 atom stereocenters. The van der Waals surface area contributed by atoms with Crippen molar-refractivity contribution in [2.45, 2.75) is 57.6 Å². The van der Waals surface area contributed by atoms with E-state index in [4.69, 9.17) is 4.74 Å². The Kier molecular flexibility index (Phi) is 6.48. The van der Waals surface area contributed by atoms with E-state index in [2.05, 4.69) is 4.98 Å². The molecule has 1 aliphatic heterocycles. The van der Waals surface area contributed by atoms with Crippen LogP contribution in [-0.4, -0.2) is 60.0 Å². The molecular formula is C22H31N3O5S. The van der Waals surface area contributed by atoms with E-state index in [1.807, 2.05) is 34.6 Å². The first-order valence-corrected chi connectivity index (χ1v) is 12.0. The van der Waals surface area contributed by atoms with Crippen molar-refractivity contribution < 1.29 is 17.9 Å². The summed E-state index contributed by atoms with van der Waals surface area (Å²) in [5.74, 6) is -0.0313. The number of amides is 1. The van der Waals surface area contributed by atoms with Crippen molar-refractivity contribution in [3.05, 3.63) is 40.8 Å². The number of fused-ring (bicyclic) bond motifs is 1. The molecule has 2 heterocycles. The van der Waals surface area contributed by atoms with E-state index in [1.54, 1.807) is 23.1 Å². The fraction of sp³-hybridized carbons (Fsp3) is 0.545. The van der Waals surface area contributed by atoms with E-state index in [-0.39, 0.29) is 29.5 Å². The maximum Gasteiger partial charge on any atom is 0.410 e. The first-order chi connectivity index (χ1) is 14.4. The van der Waals surface area contributed by atoms with Crippen molar-refractivity contribution in [2.75, 3.05) is 19.6 Å². The van der Waals surface area contributed by atoms with Gasteiger partial charge in [-0.05, 0) is 51.3 Å². The number of ether oxygens (including phenoxy) is 1. The van der Waals surface area contributed by atoms with Gasteiger partial charge in [0.25, 0.3) is 5.56 Å². The average Bonchev–Trinajstić information content (AvgIpc) is 2.90. The largest absolute Gasteiger partial charge is 0.444 e. The molecule has 0 spiro atoms. The minimum absolute atomic E-state index is 0.0313. The quantitative estimate of drug-likeness (QED) is 0.776. The molecule has 1 fully saturated rings. The van der Waals surface area contributed by atoms with Crippen LogP contribution in [-0.2, 0) is 14.8 Å². The highest BCUT2D eigenvalue weighted by molar-refractivity contribution is 7.89. The molecule has 0 aliphatic carbocycles. The summed E-state index contributed by atoms with van der Waals surface area (Å²) in [5.41, 5.74) is -0.958. The van der Waals surface area contributed by atoms with Crippen LogP contribution in [0.2, 0.25) is 0 Å². The highest BCUT2D eigenvalue weighted by Crippen LogP contribution is 2.29. The van der Waals surface area contributed by atoms with Crippen LogP contribution in [0.15, 0.2) is 40.2 Å². The molecule has 0 unspecified atom stereocenters. The summed E-state index contributed by atoms with van der Waals surface area (Å²) in [6.07, 6.45) is 1.51. The molecule has 0 saturated carbocycles. The Hall–Kier alpha value is -2.39. The molecule has 1 aliphatic rings. The molecule has 1 amide bonds. The summed E-state index contributed by atoms with van der Waals surface area (Å²) in [5, 5.41) is 0.719. The topological polar surface area (TPSA) is 99.8 Å². The molecular weight excluding hydrogens is 418 g/mol. The third kappa shape index (κ3) is 4.93. The van der Waals surface area contributed by atoms with Gasteiger partial charge in [-0.3, -0.25) is 4.79 Å². The molecule has 1 saturated heterocycles. The lowest BCUT2D eigenvalue weighted by Crippen LogP contribution is -2.49. The van der Waals surface area contributed by atoms with Crippen molar-refractivity contribution >= 4 is 26.9 Å². The van der Waals surface area contributed by atoms with Crippen molar-refractivity contribution in [2.24, 2.45) is 5.92 Å². The minimum atomic E-state index is -3.91. The Bertz CT molecular complexity index is 1120. The van der Waals surface area contributed by atoms with Crippen LogP contribution >= 0.6 is 0 Å². The van der Waals surface area contributed by atoms with Gasteiger partial charge in [0, 0.05) is 42.6 Å². The number of rotatable bonds is 3. The molecule has 31 heavy (non-hydrogen) atoms. The fourth-order valence-electron chi connectivity index (χ4n) is 3.87. The Morgan fingerprint density at radius 2 is 1.87 bits per heavy atom. The third-order valence-corrected chi connectivity index (χ3v) is 7.35. The number of pyridine rings is 1. The first kappa shape index (κ1) is 23.3. The SMILES string of the molecule is CC(C)[C@@H]1CN(C(=O)OC(C)(C)C)CCCN1S(=O)(=O)c1cccc2c(=O)[nH]ccc12. The molecule has 170 valence electrons. The molecule has 0 radical (unpaired) electrons. The predicted molar refractivity (Wildman–Crippen MR) is 120 cm³/mol. The lowest BCUT2D eigenvalue weighted by atomic mass is 10.0. The van der Waals surface area contributed by atoms with Gasteiger partial charge in [0.2, 0.25) is 10.0 Å². The van der Waals surface area contributed by atoms with Gasteiger partial charge in [-0.2, -0.15) is 4.31 Å². The van der Waals surface area contributed by atoms with E-state index >= 15 is 0 Å². The highest BCUT2D eigenvalue weighted by atomic mass is 32.2. The van der Waals surface area contributed by atoms with Crippen molar-refractivity contribution in [1.82, 2.24) is 14.2 Å². The van der Waals surface area contributed by atoms with Crippen molar-refractivity contribution in [1.29, 1.82) is 0 Å². The second-order valence-corrected chi connectivity index (χ2v) is 11.1. The molecule has 1 aromatic heterocycles. The van der Waals surface area contributed by atoms with Crippen LogP contribution in [0.4, 0.5) is 4.79 Å². The number of aromatic amines is 1. The smallest absolute Gasteiger partial charge is 0.410 e. The predicted octanol–water partition coefficient (Wildman–Crippen LogP) is 3.18. The zero-order valence-electron chi connectivity index (χ0n) is 18.7. The lowest BCUT2D eigenvalue weighted by Gasteiger charge is -2.34. The summed E-state index contributed by atoms with van der Waals surface area (Å²) in [4.78, 5) is 29.1. The number of aromatic nitrogens is 1. The normalized spacial score (nSPS) is 18.9. The number of hydrogen-bond donors (Lipinski definition) is 1. The molecule has 9 heteroatoms. The average molecular weight is 450 g/mol.